The van der Waals surface area contributed by atoms with Crippen LogP contribution in [0.15, 0.2) is 28.4 Å². The topological polar surface area (TPSA) is 12.4 Å². The van der Waals surface area contributed by atoms with Crippen molar-refractivity contribution < 1.29 is 0 Å². The Morgan fingerprint density at radius 1 is 1.17 bits per heavy atom. The van der Waals surface area contributed by atoms with Crippen LogP contribution in [0.3, 0.4) is 0 Å². The van der Waals surface area contributed by atoms with E-state index in [0.29, 0.717) is 5.92 Å². The molecule has 0 N–H and O–H groups in total. The van der Waals surface area contributed by atoms with Crippen molar-refractivity contribution in [3.05, 3.63) is 23.4 Å². The van der Waals surface area contributed by atoms with E-state index in [1.807, 2.05) is 0 Å². The zero-order valence-electron chi connectivity index (χ0n) is 11.7. The molecule has 1 nitrogen and oxygen atoms in total. The zero-order valence-corrected chi connectivity index (χ0v) is 11.7. The van der Waals surface area contributed by atoms with Gasteiger partial charge < -0.3 is 0 Å². The fourth-order valence-corrected chi connectivity index (χ4v) is 3.99. The van der Waals surface area contributed by atoms with Gasteiger partial charge in [0.1, 0.15) is 0 Å². The fraction of sp³-hybridized carbons (Fsp3) is 0.706. The first-order valence-electron chi connectivity index (χ1n) is 7.70. The Balaban J connectivity index is 1.91. The minimum atomic E-state index is 0.634. The molecule has 0 bridgehead atoms. The molecule has 0 radical (unpaired) electrons. The van der Waals surface area contributed by atoms with Crippen LogP contribution in [0.25, 0.3) is 0 Å². The van der Waals surface area contributed by atoms with Gasteiger partial charge in [-0.05, 0) is 49.0 Å². The van der Waals surface area contributed by atoms with Crippen LogP contribution in [0, 0.1) is 23.7 Å². The molecule has 1 heteroatoms. The Morgan fingerprint density at radius 2 is 2.06 bits per heavy atom. The van der Waals surface area contributed by atoms with Gasteiger partial charge in [-0.25, -0.2) is 0 Å². The van der Waals surface area contributed by atoms with Crippen LogP contribution in [0.2, 0.25) is 0 Å². The van der Waals surface area contributed by atoms with Crippen molar-refractivity contribution in [2.24, 2.45) is 28.7 Å². The van der Waals surface area contributed by atoms with E-state index in [1.54, 1.807) is 5.57 Å². The molecule has 1 heterocycles. The van der Waals surface area contributed by atoms with Gasteiger partial charge in [-0.3, -0.25) is 4.99 Å². The fourth-order valence-electron chi connectivity index (χ4n) is 3.99. The minimum Gasteiger partial charge on any atom is -0.265 e. The smallest absolute Gasteiger partial charge is 0.0465 e. The zero-order chi connectivity index (χ0) is 12.5. The van der Waals surface area contributed by atoms with Gasteiger partial charge in [0.2, 0.25) is 0 Å². The standard InChI is InChI=1S/C17H25N/c1-12-6-5-7-14(10-12)17-16-9-4-3-8-15(16)13(2)11-18-17/h4,9,11-15H,3,5-8,10H2,1-2H3/t12-,13?,14?,15?/m1/s1. The number of allylic oxidation sites excluding steroid dienone is 4. The summed E-state index contributed by atoms with van der Waals surface area (Å²) in [5.74, 6) is 3.00. The Hall–Kier alpha value is -0.850. The molecular weight excluding hydrogens is 218 g/mol. The highest BCUT2D eigenvalue weighted by Gasteiger charge is 2.31. The number of aliphatic imine (C=N–C) groups is 1. The van der Waals surface area contributed by atoms with Crippen molar-refractivity contribution in [3.8, 4) is 0 Å². The molecule has 0 saturated heterocycles. The van der Waals surface area contributed by atoms with Crippen LogP contribution in [-0.2, 0) is 0 Å². The quantitative estimate of drug-likeness (QED) is 0.630. The van der Waals surface area contributed by atoms with E-state index in [0.717, 1.165) is 17.8 Å². The minimum absolute atomic E-state index is 0.634. The summed E-state index contributed by atoms with van der Waals surface area (Å²) in [6, 6.07) is 0. The second kappa shape index (κ2) is 5.03. The lowest BCUT2D eigenvalue weighted by Crippen LogP contribution is -2.25. The maximum absolute atomic E-state index is 4.86. The van der Waals surface area contributed by atoms with Crippen LogP contribution in [0.5, 0.6) is 0 Å². The monoisotopic (exact) mass is 243 g/mol. The van der Waals surface area contributed by atoms with Crippen molar-refractivity contribution in [3.63, 3.8) is 0 Å². The predicted molar refractivity (Wildman–Crippen MR) is 77.7 cm³/mol. The number of nitrogens with zero attached hydrogens (tertiary/aromatic N) is 1. The van der Waals surface area contributed by atoms with E-state index in [1.165, 1.54) is 44.2 Å². The molecule has 0 aromatic heterocycles. The molecule has 1 saturated carbocycles. The third-order valence-corrected chi connectivity index (χ3v) is 5.04. The molecule has 1 fully saturated rings. The number of rotatable bonds is 1. The van der Waals surface area contributed by atoms with Crippen LogP contribution in [-0.4, -0.2) is 6.21 Å². The number of fused-ring (bicyclic) bond motifs is 1. The predicted octanol–water partition coefficient (Wildman–Crippen LogP) is 4.75. The average Bonchev–Trinajstić information content (AvgIpc) is 2.39. The molecule has 18 heavy (non-hydrogen) atoms. The highest BCUT2D eigenvalue weighted by atomic mass is 14.8. The summed E-state index contributed by atoms with van der Waals surface area (Å²) >= 11 is 0. The van der Waals surface area contributed by atoms with Crippen molar-refractivity contribution in [1.29, 1.82) is 0 Å². The Bertz CT molecular complexity index is 402. The average molecular weight is 243 g/mol. The lowest BCUT2D eigenvalue weighted by molar-refractivity contribution is 0.306. The summed E-state index contributed by atoms with van der Waals surface area (Å²) < 4.78 is 0. The molecule has 0 spiro atoms. The molecule has 1 aliphatic heterocycles. The van der Waals surface area contributed by atoms with Crippen LogP contribution in [0.4, 0.5) is 0 Å². The van der Waals surface area contributed by atoms with Gasteiger partial charge in [-0.15, -0.1) is 0 Å². The second-order valence-corrected chi connectivity index (χ2v) is 6.53. The third kappa shape index (κ3) is 2.20. The first kappa shape index (κ1) is 12.2. The second-order valence-electron chi connectivity index (χ2n) is 6.53. The largest absolute Gasteiger partial charge is 0.265 e. The van der Waals surface area contributed by atoms with Gasteiger partial charge in [0.05, 0.1) is 0 Å². The van der Waals surface area contributed by atoms with Gasteiger partial charge in [0.25, 0.3) is 0 Å². The summed E-state index contributed by atoms with van der Waals surface area (Å²) in [7, 11) is 0. The summed E-state index contributed by atoms with van der Waals surface area (Å²) in [5.41, 5.74) is 3.02. The summed E-state index contributed by atoms with van der Waals surface area (Å²) in [6.45, 7) is 4.73. The number of hydrogen-bond donors (Lipinski definition) is 0. The van der Waals surface area contributed by atoms with E-state index in [9.17, 15) is 0 Å². The van der Waals surface area contributed by atoms with Crippen LogP contribution < -0.4 is 0 Å². The highest BCUT2D eigenvalue weighted by molar-refractivity contribution is 5.66. The molecule has 0 amide bonds. The van der Waals surface area contributed by atoms with Crippen LogP contribution >= 0.6 is 0 Å². The number of hydrogen-bond acceptors (Lipinski definition) is 1. The first-order chi connectivity index (χ1) is 8.75. The Morgan fingerprint density at radius 3 is 2.89 bits per heavy atom. The maximum atomic E-state index is 4.86. The lowest BCUT2D eigenvalue weighted by atomic mass is 9.73. The van der Waals surface area contributed by atoms with Crippen molar-refractivity contribution >= 4 is 6.21 Å². The third-order valence-electron chi connectivity index (χ3n) is 5.04. The SMILES string of the molecule is CC1C=NC(C2CCC[C@@H](C)C2)=C2C=CCCC21. The van der Waals surface area contributed by atoms with Gasteiger partial charge >= 0.3 is 0 Å². The van der Waals surface area contributed by atoms with E-state index in [2.05, 4.69) is 32.2 Å². The molecule has 2 aliphatic carbocycles. The van der Waals surface area contributed by atoms with Gasteiger partial charge in [0, 0.05) is 17.8 Å². The first-order valence-corrected chi connectivity index (χ1v) is 7.70. The highest BCUT2D eigenvalue weighted by Crippen LogP contribution is 2.42. The molecule has 0 aromatic carbocycles. The molecule has 4 atom stereocenters. The van der Waals surface area contributed by atoms with E-state index in [-0.39, 0.29) is 0 Å². The van der Waals surface area contributed by atoms with Crippen molar-refractivity contribution in [2.75, 3.05) is 0 Å². The van der Waals surface area contributed by atoms with Crippen LogP contribution in [0.1, 0.15) is 52.4 Å². The van der Waals surface area contributed by atoms with Gasteiger partial charge in [0.15, 0.2) is 0 Å². The molecule has 3 aliphatic rings. The summed E-state index contributed by atoms with van der Waals surface area (Å²) in [4.78, 5) is 4.86. The summed E-state index contributed by atoms with van der Waals surface area (Å²) in [6.07, 6.45) is 15.1. The van der Waals surface area contributed by atoms with Gasteiger partial charge in [-0.1, -0.05) is 38.8 Å². The van der Waals surface area contributed by atoms with E-state index < -0.39 is 0 Å². The Kier molecular flexibility index (Phi) is 3.41. The maximum Gasteiger partial charge on any atom is 0.0465 e. The molecule has 3 unspecified atom stereocenters. The van der Waals surface area contributed by atoms with Crippen molar-refractivity contribution in [2.45, 2.75) is 52.4 Å². The van der Waals surface area contributed by atoms with E-state index >= 15 is 0 Å². The normalized spacial score (nSPS) is 39.9. The van der Waals surface area contributed by atoms with Gasteiger partial charge in [-0.2, -0.15) is 0 Å². The molecule has 0 aromatic rings. The van der Waals surface area contributed by atoms with Crippen molar-refractivity contribution in [1.82, 2.24) is 0 Å². The Labute approximate surface area is 111 Å². The molecule has 98 valence electrons. The van der Waals surface area contributed by atoms with E-state index in [4.69, 9.17) is 4.99 Å². The molecule has 3 rings (SSSR count). The summed E-state index contributed by atoms with van der Waals surface area (Å²) in [5, 5.41) is 0. The lowest BCUT2D eigenvalue weighted by Gasteiger charge is -2.35. The molecular formula is C17H25N.